The van der Waals surface area contributed by atoms with Crippen molar-refractivity contribution in [2.75, 3.05) is 6.61 Å². The van der Waals surface area contributed by atoms with Gasteiger partial charge in [-0.1, -0.05) is 93.6 Å². The van der Waals surface area contributed by atoms with Gasteiger partial charge in [-0.3, -0.25) is 19.2 Å². The van der Waals surface area contributed by atoms with Gasteiger partial charge in [-0.2, -0.15) is 0 Å². The van der Waals surface area contributed by atoms with Crippen molar-refractivity contribution >= 4 is 42.8 Å². The summed E-state index contributed by atoms with van der Waals surface area (Å²) in [6.07, 6.45) is 6.89. The number of carbonyl (C=O) groups is 4. The third kappa shape index (κ3) is 9.28. The molecule has 2 heterocycles. The number of amides is 3. The van der Waals surface area contributed by atoms with Crippen LogP contribution in [0.25, 0.3) is 10.8 Å². The molecule has 50 heavy (non-hydrogen) atoms. The molecule has 0 aromatic heterocycles. The first-order chi connectivity index (χ1) is 23.8. The van der Waals surface area contributed by atoms with Crippen LogP contribution in [0.5, 0.6) is 0 Å². The predicted octanol–water partition coefficient (Wildman–Crippen LogP) is 6.68. The third-order valence-corrected chi connectivity index (χ3v) is 14.8. The van der Waals surface area contributed by atoms with E-state index in [2.05, 4.69) is 44.5 Å². The Morgan fingerprint density at radius 2 is 1.62 bits per heavy atom. The average Bonchev–Trinajstić information content (AvgIpc) is 3.09. The van der Waals surface area contributed by atoms with Gasteiger partial charge < -0.3 is 24.7 Å². The molecule has 1 fully saturated rings. The lowest BCUT2D eigenvalue weighted by Gasteiger charge is -2.44. The molecule has 5 rings (SSSR count). The van der Waals surface area contributed by atoms with Crippen LogP contribution in [0.3, 0.4) is 0 Å². The molecule has 4 unspecified atom stereocenters. The van der Waals surface area contributed by atoms with Crippen molar-refractivity contribution in [1.29, 1.82) is 0 Å². The second-order valence-electron chi connectivity index (χ2n) is 15.0. The Kier molecular flexibility index (Phi) is 12.0. The molecule has 266 valence electrons. The van der Waals surface area contributed by atoms with Crippen LogP contribution in [-0.2, 0) is 30.2 Å². The van der Waals surface area contributed by atoms with Gasteiger partial charge in [0.05, 0.1) is 19.1 Å². The Morgan fingerprint density at radius 1 is 0.920 bits per heavy atom. The highest BCUT2D eigenvalue weighted by Gasteiger charge is 2.42. The number of esters is 1. The normalized spacial score (nSPS) is 20.9. The van der Waals surface area contributed by atoms with Crippen LogP contribution in [-0.4, -0.2) is 67.7 Å². The van der Waals surface area contributed by atoms with Gasteiger partial charge in [-0.05, 0) is 78.7 Å². The fourth-order valence-electron chi connectivity index (χ4n) is 6.33. The summed E-state index contributed by atoms with van der Waals surface area (Å²) in [4.78, 5) is 56.7. The molecule has 3 aromatic rings. The molecule has 0 saturated carbocycles. The zero-order valence-corrected chi connectivity index (χ0v) is 30.9. The quantitative estimate of drug-likeness (QED) is 0.131. The predicted molar refractivity (Wildman–Crippen MR) is 198 cm³/mol. The molecule has 10 heteroatoms. The van der Waals surface area contributed by atoms with Crippen molar-refractivity contribution in [1.82, 2.24) is 15.5 Å². The Balaban J connectivity index is 1.31. The number of carbonyl (C=O) groups excluding carboxylic acids is 4. The second-order valence-corrected chi connectivity index (χ2v) is 19.8. The Hall–Kier alpha value is -4.28. The van der Waals surface area contributed by atoms with Gasteiger partial charge in [0.15, 0.2) is 8.32 Å². The maximum atomic E-state index is 14.3. The molecule has 3 aromatic carbocycles. The summed E-state index contributed by atoms with van der Waals surface area (Å²) in [5.41, 5.74) is 1.34. The maximum Gasteiger partial charge on any atom is 0.308 e. The van der Waals surface area contributed by atoms with E-state index in [0.29, 0.717) is 24.8 Å². The summed E-state index contributed by atoms with van der Waals surface area (Å²) < 4.78 is 12.1. The minimum absolute atomic E-state index is 0.0650. The molecular formula is C40H51N3O6Si. The van der Waals surface area contributed by atoms with Crippen molar-refractivity contribution in [2.24, 2.45) is 0 Å². The van der Waals surface area contributed by atoms with E-state index in [4.69, 9.17) is 9.16 Å². The molecule has 0 bridgehead atoms. The maximum absolute atomic E-state index is 14.3. The molecule has 3 amide bonds. The summed E-state index contributed by atoms with van der Waals surface area (Å²) in [5.74, 6) is -1.38. The number of nitrogens with one attached hydrogen (secondary N) is 2. The molecule has 0 spiro atoms. The summed E-state index contributed by atoms with van der Waals surface area (Å²) in [7, 11) is -2.22. The highest BCUT2D eigenvalue weighted by Crippen LogP contribution is 2.36. The van der Waals surface area contributed by atoms with Crippen molar-refractivity contribution < 1.29 is 28.3 Å². The van der Waals surface area contributed by atoms with E-state index in [0.717, 1.165) is 29.2 Å². The van der Waals surface area contributed by atoms with Crippen molar-refractivity contribution in [2.45, 2.75) is 108 Å². The molecule has 0 radical (unpaired) electrons. The van der Waals surface area contributed by atoms with Gasteiger partial charge >= 0.3 is 5.97 Å². The monoisotopic (exact) mass is 697 g/mol. The molecule has 1 saturated heterocycles. The lowest BCUT2D eigenvalue weighted by Crippen LogP contribution is -2.62. The fraction of sp³-hybridized carbons (Fsp3) is 0.450. The number of hydrogen-bond donors (Lipinski definition) is 2. The number of hydrogen-bond acceptors (Lipinski definition) is 6. The van der Waals surface area contributed by atoms with Crippen LogP contribution < -0.4 is 10.6 Å². The van der Waals surface area contributed by atoms with Crippen LogP contribution in [0.15, 0.2) is 84.9 Å². The lowest BCUT2D eigenvalue weighted by molar-refractivity contribution is -0.149. The molecular weight excluding hydrogens is 647 g/mol. The minimum Gasteiger partial charge on any atom is -0.461 e. The van der Waals surface area contributed by atoms with Crippen molar-refractivity contribution in [3.8, 4) is 0 Å². The van der Waals surface area contributed by atoms with Gasteiger partial charge in [0.1, 0.15) is 18.7 Å². The van der Waals surface area contributed by atoms with Crippen LogP contribution in [0.1, 0.15) is 75.2 Å². The van der Waals surface area contributed by atoms with Gasteiger partial charge in [0.25, 0.3) is 5.91 Å². The third-order valence-electron chi connectivity index (χ3n) is 10.3. The smallest absolute Gasteiger partial charge is 0.308 e. The van der Waals surface area contributed by atoms with Crippen molar-refractivity contribution in [3.05, 3.63) is 96.1 Å². The number of nitrogens with zero attached hydrogens (tertiary/aromatic N) is 1. The van der Waals surface area contributed by atoms with E-state index in [-0.39, 0.29) is 48.4 Å². The Bertz CT molecular complexity index is 1700. The van der Waals surface area contributed by atoms with Crippen LogP contribution in [0.2, 0.25) is 18.1 Å². The Morgan fingerprint density at radius 3 is 2.36 bits per heavy atom. The Labute approximate surface area is 296 Å². The standard InChI is InChI=1S/C40H51N3O6Si/c1-40(2,3)50(4,5)49-27-32(25-36(44)48-26-28-14-7-6-8-15-28)41-38(46)35-21-13-19-33-18-11-12-20-34(39(47)43(33)35)42-37(45)31-23-22-29-16-9-10-17-30(29)24-31/h6-12,14-17,22-24,32-35H,13,18-21,25-27H2,1-5H3,(H,41,46)(H,42,45)/b12-11-. The first-order valence-electron chi connectivity index (χ1n) is 17.7. The van der Waals surface area contributed by atoms with E-state index >= 15 is 0 Å². The zero-order chi connectivity index (χ0) is 35.9. The minimum atomic E-state index is -2.22. The average molecular weight is 698 g/mol. The van der Waals surface area contributed by atoms with E-state index in [1.165, 1.54) is 0 Å². The number of piperidine rings is 1. The first kappa shape index (κ1) is 37.0. The zero-order valence-electron chi connectivity index (χ0n) is 29.9. The van der Waals surface area contributed by atoms with Gasteiger partial charge in [-0.25, -0.2) is 0 Å². The van der Waals surface area contributed by atoms with Crippen LogP contribution in [0, 0.1) is 0 Å². The second kappa shape index (κ2) is 16.2. The molecule has 4 atom stereocenters. The van der Waals surface area contributed by atoms with E-state index in [1.54, 1.807) is 11.0 Å². The van der Waals surface area contributed by atoms with Crippen molar-refractivity contribution in [3.63, 3.8) is 0 Å². The molecule has 2 N–H and O–H groups in total. The number of rotatable bonds is 11. The molecule has 0 aliphatic carbocycles. The largest absolute Gasteiger partial charge is 0.461 e. The highest BCUT2D eigenvalue weighted by molar-refractivity contribution is 6.74. The summed E-state index contributed by atoms with van der Waals surface area (Å²) in [5, 5.41) is 7.95. The summed E-state index contributed by atoms with van der Waals surface area (Å²) >= 11 is 0. The van der Waals surface area contributed by atoms with Gasteiger partial charge in [-0.15, -0.1) is 0 Å². The van der Waals surface area contributed by atoms with Gasteiger partial charge in [0, 0.05) is 11.6 Å². The molecule has 2 aliphatic heterocycles. The molecule has 2 aliphatic rings. The number of fused-ring (bicyclic) bond motifs is 2. The number of ether oxygens (including phenoxy) is 1. The first-order valence-corrected chi connectivity index (χ1v) is 20.6. The topological polar surface area (TPSA) is 114 Å². The van der Waals surface area contributed by atoms with Crippen LogP contribution in [0.4, 0.5) is 0 Å². The summed E-state index contributed by atoms with van der Waals surface area (Å²) in [6, 6.07) is 20.3. The summed E-state index contributed by atoms with van der Waals surface area (Å²) in [6.45, 7) is 11.0. The van der Waals surface area contributed by atoms with E-state index < -0.39 is 32.4 Å². The van der Waals surface area contributed by atoms with E-state index in [9.17, 15) is 19.2 Å². The highest BCUT2D eigenvalue weighted by atomic mass is 28.4. The number of benzene rings is 3. The lowest BCUT2D eigenvalue weighted by atomic mass is 9.90. The van der Waals surface area contributed by atoms with Gasteiger partial charge in [0.2, 0.25) is 11.8 Å². The van der Waals surface area contributed by atoms with E-state index in [1.807, 2.05) is 78.9 Å². The molecule has 9 nitrogen and oxygen atoms in total. The van der Waals surface area contributed by atoms with Crippen LogP contribution >= 0.6 is 0 Å². The SMILES string of the molecule is CC(C)(C)[Si](C)(C)OCC(CC(=O)OCc1ccccc1)NC(=O)C1CCCC2C/C=C\CC(NC(=O)c3ccc4ccccc4c3)C(=O)N21. The fourth-order valence-corrected chi connectivity index (χ4v) is 7.38.